The molecule has 0 bridgehead atoms. The van der Waals surface area contributed by atoms with E-state index in [2.05, 4.69) is 5.32 Å². The summed E-state index contributed by atoms with van der Waals surface area (Å²) in [5, 5.41) is 4.51. The first-order chi connectivity index (χ1) is 11.9. The predicted octanol–water partition coefficient (Wildman–Crippen LogP) is 7.02. The van der Waals surface area contributed by atoms with Crippen LogP contribution < -0.4 is 5.32 Å². The molecule has 1 N–H and O–H groups in total. The van der Waals surface area contributed by atoms with Gasteiger partial charge in [0.1, 0.15) is 0 Å². The second-order valence-electron chi connectivity index (χ2n) is 5.06. The number of hydrogen-bond acceptors (Lipinski definition) is 4. The molecule has 25 heavy (non-hydrogen) atoms. The molecule has 0 saturated carbocycles. The Morgan fingerprint density at radius 1 is 0.960 bits per heavy atom. The standard InChI is InChI=1S/C17H19Cl3NO3P/c1-3-23-25(22,24-4-2)17(16-14(19)6-5-7-15(16)20)21-13-10-8-12(18)9-11-13/h5-11,17,21H,3-4H2,1-2H3. The van der Waals surface area contributed by atoms with Gasteiger partial charge in [0, 0.05) is 26.3 Å². The van der Waals surface area contributed by atoms with Crippen LogP contribution in [0.25, 0.3) is 0 Å². The molecule has 0 spiro atoms. The molecule has 0 aromatic heterocycles. The number of rotatable bonds is 8. The molecule has 0 saturated heterocycles. The molecule has 2 aromatic carbocycles. The Morgan fingerprint density at radius 2 is 1.48 bits per heavy atom. The molecule has 0 fully saturated rings. The lowest BCUT2D eigenvalue weighted by Gasteiger charge is -2.29. The highest BCUT2D eigenvalue weighted by Crippen LogP contribution is 2.62. The van der Waals surface area contributed by atoms with Crippen LogP contribution in [-0.4, -0.2) is 13.2 Å². The summed E-state index contributed by atoms with van der Waals surface area (Å²) in [5.41, 5.74) is 1.15. The van der Waals surface area contributed by atoms with Crippen molar-refractivity contribution in [3.63, 3.8) is 0 Å². The Hall–Kier alpha value is -0.740. The molecule has 0 aliphatic rings. The minimum absolute atomic E-state index is 0.220. The van der Waals surface area contributed by atoms with E-state index in [1.54, 1.807) is 56.3 Å². The third-order valence-electron chi connectivity index (χ3n) is 3.36. The fraction of sp³-hybridized carbons (Fsp3) is 0.294. The van der Waals surface area contributed by atoms with Crippen molar-refractivity contribution in [2.45, 2.75) is 19.6 Å². The van der Waals surface area contributed by atoms with Crippen LogP contribution in [0.1, 0.15) is 25.2 Å². The third-order valence-corrected chi connectivity index (χ3v) is 6.52. The lowest BCUT2D eigenvalue weighted by molar-refractivity contribution is 0.214. The van der Waals surface area contributed by atoms with Gasteiger partial charge in [0.25, 0.3) is 0 Å². The van der Waals surface area contributed by atoms with Gasteiger partial charge in [-0.15, -0.1) is 0 Å². The predicted molar refractivity (Wildman–Crippen MR) is 105 cm³/mol. The fourth-order valence-electron chi connectivity index (χ4n) is 2.33. The number of nitrogens with one attached hydrogen (secondary N) is 1. The lowest BCUT2D eigenvalue weighted by atomic mass is 10.2. The zero-order chi connectivity index (χ0) is 18.4. The normalized spacial score (nSPS) is 12.8. The first kappa shape index (κ1) is 20.6. The number of hydrogen-bond donors (Lipinski definition) is 1. The van der Waals surface area contributed by atoms with Crippen LogP contribution in [0.5, 0.6) is 0 Å². The molecule has 1 atom stereocenters. The Balaban J connectivity index is 2.54. The van der Waals surface area contributed by atoms with E-state index in [4.69, 9.17) is 43.9 Å². The van der Waals surface area contributed by atoms with Crippen LogP contribution >= 0.6 is 42.4 Å². The highest BCUT2D eigenvalue weighted by atomic mass is 35.5. The topological polar surface area (TPSA) is 47.6 Å². The molecule has 2 aromatic rings. The van der Waals surface area contributed by atoms with E-state index < -0.39 is 13.4 Å². The molecule has 8 heteroatoms. The molecular weight excluding hydrogens is 404 g/mol. The molecule has 0 amide bonds. The Labute approximate surface area is 162 Å². The highest BCUT2D eigenvalue weighted by molar-refractivity contribution is 7.54. The van der Waals surface area contributed by atoms with Crippen LogP contribution in [0.4, 0.5) is 5.69 Å². The van der Waals surface area contributed by atoms with Gasteiger partial charge in [0.2, 0.25) is 0 Å². The monoisotopic (exact) mass is 421 g/mol. The Kier molecular flexibility index (Phi) is 7.63. The SMILES string of the molecule is CCOP(=O)(OCC)C(Nc1ccc(Cl)cc1)c1c(Cl)cccc1Cl. The van der Waals surface area contributed by atoms with Crippen molar-refractivity contribution in [3.8, 4) is 0 Å². The summed E-state index contributed by atoms with van der Waals surface area (Å²) in [6.07, 6.45) is 0. The second kappa shape index (κ2) is 9.27. The van der Waals surface area contributed by atoms with Crippen LogP contribution in [0.15, 0.2) is 42.5 Å². The molecule has 136 valence electrons. The minimum Gasteiger partial charge on any atom is -0.368 e. The van der Waals surface area contributed by atoms with Crippen molar-refractivity contribution in [3.05, 3.63) is 63.1 Å². The Bertz CT molecular complexity index is 725. The van der Waals surface area contributed by atoms with Crippen molar-refractivity contribution in [1.29, 1.82) is 0 Å². The second-order valence-corrected chi connectivity index (χ2v) is 8.43. The summed E-state index contributed by atoms with van der Waals surface area (Å²) in [5.74, 6) is -0.866. The van der Waals surface area contributed by atoms with Gasteiger partial charge in [-0.2, -0.15) is 0 Å². The maximum Gasteiger partial charge on any atom is 0.357 e. The quantitative estimate of drug-likeness (QED) is 0.464. The van der Waals surface area contributed by atoms with E-state index in [0.717, 1.165) is 0 Å². The zero-order valence-electron chi connectivity index (χ0n) is 13.8. The van der Waals surface area contributed by atoms with E-state index in [-0.39, 0.29) is 13.2 Å². The summed E-state index contributed by atoms with van der Waals surface area (Å²) < 4.78 is 24.5. The van der Waals surface area contributed by atoms with Crippen molar-refractivity contribution in [1.82, 2.24) is 0 Å². The van der Waals surface area contributed by atoms with Crippen LogP contribution in [0.3, 0.4) is 0 Å². The maximum absolute atomic E-state index is 13.4. The van der Waals surface area contributed by atoms with Gasteiger partial charge in [0.15, 0.2) is 5.78 Å². The van der Waals surface area contributed by atoms with Gasteiger partial charge in [0.05, 0.1) is 13.2 Å². The third kappa shape index (κ3) is 5.13. The highest BCUT2D eigenvalue weighted by Gasteiger charge is 2.39. The number of halogens is 3. The van der Waals surface area contributed by atoms with Gasteiger partial charge in [-0.25, -0.2) is 0 Å². The summed E-state index contributed by atoms with van der Waals surface area (Å²) in [7, 11) is -3.60. The largest absolute Gasteiger partial charge is 0.368 e. The van der Waals surface area contributed by atoms with Crippen molar-refractivity contribution >= 4 is 48.1 Å². The zero-order valence-corrected chi connectivity index (χ0v) is 17.0. The molecule has 0 aliphatic heterocycles. The molecule has 0 aliphatic carbocycles. The smallest absolute Gasteiger partial charge is 0.357 e. The van der Waals surface area contributed by atoms with Gasteiger partial charge < -0.3 is 14.4 Å². The molecule has 4 nitrogen and oxygen atoms in total. The molecule has 1 unspecified atom stereocenters. The van der Waals surface area contributed by atoms with E-state index in [1.807, 2.05) is 0 Å². The van der Waals surface area contributed by atoms with E-state index in [9.17, 15) is 4.57 Å². The average molecular weight is 423 g/mol. The van der Waals surface area contributed by atoms with Gasteiger partial charge in [-0.1, -0.05) is 40.9 Å². The molecule has 0 heterocycles. The summed E-state index contributed by atoms with van der Waals surface area (Å²) in [4.78, 5) is 0. The minimum atomic E-state index is -3.60. The van der Waals surface area contributed by atoms with Crippen molar-refractivity contribution < 1.29 is 13.6 Å². The van der Waals surface area contributed by atoms with E-state index in [1.165, 1.54) is 0 Å². The molecular formula is C17H19Cl3NO3P. The fourth-order valence-corrected chi connectivity index (χ4v) is 5.22. The van der Waals surface area contributed by atoms with E-state index in [0.29, 0.717) is 26.3 Å². The summed E-state index contributed by atoms with van der Waals surface area (Å²) in [6.45, 7) is 3.94. The van der Waals surface area contributed by atoms with Gasteiger partial charge in [-0.3, -0.25) is 4.57 Å². The average Bonchev–Trinajstić information content (AvgIpc) is 2.56. The van der Waals surface area contributed by atoms with Gasteiger partial charge in [-0.05, 0) is 50.2 Å². The van der Waals surface area contributed by atoms with Crippen molar-refractivity contribution in [2.75, 3.05) is 18.5 Å². The van der Waals surface area contributed by atoms with Crippen LogP contribution in [0.2, 0.25) is 15.1 Å². The maximum atomic E-state index is 13.4. The van der Waals surface area contributed by atoms with Crippen LogP contribution in [-0.2, 0) is 13.6 Å². The van der Waals surface area contributed by atoms with E-state index >= 15 is 0 Å². The first-order valence-electron chi connectivity index (χ1n) is 7.76. The van der Waals surface area contributed by atoms with Crippen molar-refractivity contribution in [2.24, 2.45) is 0 Å². The summed E-state index contributed by atoms with van der Waals surface area (Å²) in [6, 6.07) is 12.1. The van der Waals surface area contributed by atoms with Gasteiger partial charge >= 0.3 is 7.60 Å². The summed E-state index contributed by atoms with van der Waals surface area (Å²) >= 11 is 18.6. The number of benzene rings is 2. The number of anilines is 1. The molecule has 2 rings (SSSR count). The molecule has 0 radical (unpaired) electrons. The lowest BCUT2D eigenvalue weighted by Crippen LogP contribution is -2.16. The Morgan fingerprint density at radius 3 is 1.96 bits per heavy atom. The first-order valence-corrected chi connectivity index (χ1v) is 10.5. The van der Waals surface area contributed by atoms with Crippen LogP contribution in [0, 0.1) is 0 Å².